The molecule has 2 aromatic heterocycles. The molecule has 10 heteroatoms. The van der Waals surface area contributed by atoms with Gasteiger partial charge in [0.2, 0.25) is 5.91 Å². The Hall–Kier alpha value is -3.53. The van der Waals surface area contributed by atoms with Gasteiger partial charge in [0.1, 0.15) is 17.1 Å². The van der Waals surface area contributed by atoms with Crippen LogP contribution in [0.2, 0.25) is 0 Å². The highest BCUT2D eigenvalue weighted by atomic mass is 19.1. The van der Waals surface area contributed by atoms with Gasteiger partial charge >= 0.3 is 0 Å². The largest absolute Gasteiger partial charge is 0.372 e. The topological polar surface area (TPSA) is 92.1 Å². The number of amides is 2. The van der Waals surface area contributed by atoms with Crippen LogP contribution in [0.3, 0.4) is 0 Å². The molecule has 0 aliphatic carbocycles. The van der Waals surface area contributed by atoms with Crippen molar-refractivity contribution >= 4 is 23.1 Å². The minimum Gasteiger partial charge on any atom is -0.372 e. The number of ether oxygens (including phenoxy) is 1. The molecule has 0 radical (unpaired) electrons. The van der Waals surface area contributed by atoms with E-state index in [-0.39, 0.29) is 35.5 Å². The molecule has 2 atom stereocenters. The van der Waals surface area contributed by atoms with Crippen molar-refractivity contribution < 1.29 is 18.7 Å². The maximum Gasteiger partial charge on any atom is 0.275 e. The first kappa shape index (κ1) is 23.2. The number of hydrogen-bond acceptors (Lipinski definition) is 6. The Kier molecular flexibility index (Phi) is 5.71. The number of hydrogen-bond donors (Lipinski definition) is 1. The number of carbonyl (C=O) groups excluding carboxylic acids is 2. The van der Waals surface area contributed by atoms with E-state index in [9.17, 15) is 14.0 Å². The third-order valence-electron chi connectivity index (χ3n) is 6.62. The Morgan fingerprint density at radius 3 is 2.54 bits per heavy atom. The fourth-order valence-electron chi connectivity index (χ4n) is 4.83. The van der Waals surface area contributed by atoms with Gasteiger partial charge in [-0.1, -0.05) is 0 Å². The molecule has 1 aromatic carbocycles. The minimum atomic E-state index is -0.990. The Bertz CT molecular complexity index is 1280. The van der Waals surface area contributed by atoms with E-state index in [1.807, 2.05) is 19.9 Å². The number of benzene rings is 1. The van der Waals surface area contributed by atoms with E-state index in [0.29, 0.717) is 37.5 Å². The molecule has 1 N–H and O–H groups in total. The zero-order valence-electron chi connectivity index (χ0n) is 20.3. The molecule has 4 heterocycles. The number of rotatable bonds is 3. The van der Waals surface area contributed by atoms with Crippen LogP contribution < -0.4 is 10.2 Å². The molecule has 35 heavy (non-hydrogen) atoms. The molecule has 0 spiro atoms. The van der Waals surface area contributed by atoms with E-state index in [0.717, 1.165) is 11.3 Å². The predicted octanol–water partition coefficient (Wildman–Crippen LogP) is 2.50. The first-order chi connectivity index (χ1) is 16.6. The molecular formula is C25H29FN6O3. The van der Waals surface area contributed by atoms with E-state index in [1.54, 1.807) is 41.6 Å². The molecule has 2 aliphatic heterocycles. The van der Waals surface area contributed by atoms with Crippen LogP contribution in [0.5, 0.6) is 0 Å². The zero-order chi connectivity index (χ0) is 24.9. The fourth-order valence-corrected chi connectivity index (χ4v) is 4.83. The second kappa shape index (κ2) is 8.60. The van der Waals surface area contributed by atoms with Crippen LogP contribution in [0.1, 0.15) is 38.2 Å². The highest BCUT2D eigenvalue weighted by molar-refractivity contribution is 5.99. The normalized spacial score (nSPS) is 22.4. The summed E-state index contributed by atoms with van der Waals surface area (Å²) >= 11 is 0. The van der Waals surface area contributed by atoms with Crippen molar-refractivity contribution in [3.8, 4) is 11.3 Å². The number of imidazole rings is 1. The molecule has 2 aliphatic rings. The van der Waals surface area contributed by atoms with Crippen LogP contribution in [0.4, 0.5) is 10.1 Å². The summed E-state index contributed by atoms with van der Waals surface area (Å²) in [7, 11) is 0. The van der Waals surface area contributed by atoms with Crippen molar-refractivity contribution in [3.63, 3.8) is 0 Å². The minimum absolute atomic E-state index is 0.0185. The van der Waals surface area contributed by atoms with E-state index < -0.39 is 5.54 Å². The molecule has 184 valence electrons. The van der Waals surface area contributed by atoms with Crippen molar-refractivity contribution in [2.75, 3.05) is 31.1 Å². The van der Waals surface area contributed by atoms with Gasteiger partial charge in [0.15, 0.2) is 5.65 Å². The number of nitrogens with one attached hydrogen (secondary N) is 1. The molecule has 5 rings (SSSR count). The molecular weight excluding hydrogens is 451 g/mol. The van der Waals surface area contributed by atoms with E-state index >= 15 is 0 Å². The summed E-state index contributed by atoms with van der Waals surface area (Å²) in [5.41, 5.74) is 1.96. The van der Waals surface area contributed by atoms with Crippen molar-refractivity contribution in [1.82, 2.24) is 24.8 Å². The lowest BCUT2D eigenvalue weighted by Gasteiger charge is -2.40. The summed E-state index contributed by atoms with van der Waals surface area (Å²) in [6.07, 6.45) is 1.64. The third-order valence-corrected chi connectivity index (χ3v) is 6.62. The second-order valence-electron chi connectivity index (χ2n) is 9.75. The van der Waals surface area contributed by atoms with Crippen LogP contribution in [-0.4, -0.2) is 75.2 Å². The Morgan fingerprint density at radius 2 is 1.86 bits per heavy atom. The smallest absolute Gasteiger partial charge is 0.275 e. The quantitative estimate of drug-likeness (QED) is 0.619. The SMILES string of the molecule is C[C@H]1CN(c2cc(-c3ccc(F)cc3)nn3cc(C(=O)N4CCNC(=O)C4(C)C)nc23)C[C@H](C)O1. The number of anilines is 1. The highest BCUT2D eigenvalue weighted by Crippen LogP contribution is 2.30. The predicted molar refractivity (Wildman–Crippen MR) is 129 cm³/mol. The summed E-state index contributed by atoms with van der Waals surface area (Å²) in [5, 5.41) is 7.50. The van der Waals surface area contributed by atoms with E-state index in [4.69, 9.17) is 9.84 Å². The summed E-state index contributed by atoms with van der Waals surface area (Å²) in [5.74, 6) is -0.850. The first-order valence-corrected chi connectivity index (χ1v) is 11.8. The Morgan fingerprint density at radius 1 is 1.17 bits per heavy atom. The number of fused-ring (bicyclic) bond motifs is 1. The van der Waals surface area contributed by atoms with Gasteiger partial charge in [0.05, 0.1) is 29.8 Å². The first-order valence-electron chi connectivity index (χ1n) is 11.8. The maximum absolute atomic E-state index is 13.5. The molecule has 2 saturated heterocycles. The van der Waals surface area contributed by atoms with Crippen molar-refractivity contribution in [2.24, 2.45) is 0 Å². The number of carbonyl (C=O) groups is 2. The lowest BCUT2D eigenvalue weighted by atomic mass is 9.98. The van der Waals surface area contributed by atoms with Crippen molar-refractivity contribution in [1.29, 1.82) is 0 Å². The highest BCUT2D eigenvalue weighted by Gasteiger charge is 2.41. The van der Waals surface area contributed by atoms with Gasteiger partial charge in [-0.05, 0) is 58.0 Å². The second-order valence-corrected chi connectivity index (χ2v) is 9.75. The number of halogens is 1. The Balaban J connectivity index is 1.61. The molecule has 0 unspecified atom stereocenters. The molecule has 0 bridgehead atoms. The molecule has 2 amide bonds. The average molecular weight is 481 g/mol. The van der Waals surface area contributed by atoms with Gasteiger partial charge in [-0.25, -0.2) is 13.9 Å². The van der Waals surface area contributed by atoms with Gasteiger partial charge in [-0.2, -0.15) is 5.10 Å². The summed E-state index contributed by atoms with van der Waals surface area (Å²) < 4.78 is 21.1. The van der Waals surface area contributed by atoms with Gasteiger partial charge in [-0.15, -0.1) is 0 Å². The molecule has 2 fully saturated rings. The van der Waals surface area contributed by atoms with Gasteiger partial charge in [0.25, 0.3) is 5.91 Å². The van der Waals surface area contributed by atoms with Gasteiger partial charge < -0.3 is 19.9 Å². The monoisotopic (exact) mass is 480 g/mol. The van der Waals surface area contributed by atoms with E-state index in [2.05, 4.69) is 15.2 Å². The number of nitrogens with zero attached hydrogens (tertiary/aromatic N) is 5. The number of piperazine rings is 1. The van der Waals surface area contributed by atoms with Crippen LogP contribution in [0.15, 0.2) is 36.5 Å². The lowest BCUT2D eigenvalue weighted by Crippen LogP contribution is -2.63. The average Bonchev–Trinajstić information content (AvgIpc) is 3.24. The zero-order valence-corrected chi connectivity index (χ0v) is 20.3. The Labute approximate surface area is 202 Å². The van der Waals surface area contributed by atoms with Gasteiger partial charge in [-0.3, -0.25) is 9.59 Å². The van der Waals surface area contributed by atoms with Crippen LogP contribution in [-0.2, 0) is 9.53 Å². The lowest BCUT2D eigenvalue weighted by molar-refractivity contribution is -0.133. The molecule has 9 nitrogen and oxygen atoms in total. The van der Waals surface area contributed by atoms with E-state index in [1.165, 1.54) is 12.1 Å². The van der Waals surface area contributed by atoms with Crippen LogP contribution in [0, 0.1) is 5.82 Å². The number of aromatic nitrogens is 3. The summed E-state index contributed by atoms with van der Waals surface area (Å²) in [6.45, 7) is 9.58. The number of morpholine rings is 1. The fraction of sp³-hybridized carbons (Fsp3) is 0.440. The molecule has 3 aromatic rings. The van der Waals surface area contributed by atoms with Crippen LogP contribution in [0.25, 0.3) is 16.9 Å². The summed E-state index contributed by atoms with van der Waals surface area (Å²) in [6, 6.07) is 8.07. The van der Waals surface area contributed by atoms with Gasteiger partial charge in [0, 0.05) is 31.7 Å². The molecule has 0 saturated carbocycles. The third kappa shape index (κ3) is 4.22. The van der Waals surface area contributed by atoms with Crippen LogP contribution >= 0.6 is 0 Å². The maximum atomic E-state index is 13.5. The summed E-state index contributed by atoms with van der Waals surface area (Å²) in [4.78, 5) is 34.3. The van der Waals surface area contributed by atoms with Crippen molar-refractivity contribution in [2.45, 2.75) is 45.4 Å². The van der Waals surface area contributed by atoms with Crippen molar-refractivity contribution in [3.05, 3.63) is 48.0 Å². The standard InChI is InChI=1S/C25H29FN6O3/c1-15-12-30(13-16(2)35-15)21-11-19(17-5-7-18(26)8-6-17)29-32-14-20(28-22(21)32)23(33)31-10-9-27-24(34)25(31,3)4/h5-8,11,14-16H,9-10,12-13H2,1-4H3,(H,27,34)/t15-,16-/m0/s1.